The first-order valence-electron chi connectivity index (χ1n) is 7.69. The van der Waals surface area contributed by atoms with Crippen molar-refractivity contribution in [1.29, 1.82) is 0 Å². The molecule has 0 aliphatic heterocycles. The van der Waals surface area contributed by atoms with E-state index in [1.54, 1.807) is 0 Å². The molecule has 1 aromatic carbocycles. The average molecular weight is 350 g/mol. The molecule has 3 nitrogen and oxygen atoms in total. The molecule has 0 fully saturated rings. The summed E-state index contributed by atoms with van der Waals surface area (Å²) in [5.74, 6) is 0.716. The predicted octanol–water partition coefficient (Wildman–Crippen LogP) is 4.84. The quantitative estimate of drug-likeness (QED) is 0.758. The van der Waals surface area contributed by atoms with Gasteiger partial charge in [-0.25, -0.2) is 0 Å². The van der Waals surface area contributed by atoms with Gasteiger partial charge < -0.3 is 10.6 Å². The number of hydrogen-bond donors (Lipinski definition) is 1. The van der Waals surface area contributed by atoms with Gasteiger partial charge in [-0.2, -0.15) is 0 Å². The van der Waals surface area contributed by atoms with Gasteiger partial charge in [0.1, 0.15) is 0 Å². The number of pyridine rings is 1. The van der Waals surface area contributed by atoms with Crippen molar-refractivity contribution >= 4 is 38.2 Å². The van der Waals surface area contributed by atoms with Gasteiger partial charge in [-0.3, -0.25) is 4.98 Å². The molecule has 21 heavy (non-hydrogen) atoms. The minimum Gasteiger partial charge on any atom is -0.398 e. The number of nitrogens with zero attached hydrogens (tertiary/aromatic N) is 2. The fourth-order valence-electron chi connectivity index (χ4n) is 2.71. The molecule has 1 heterocycles. The molecule has 0 radical (unpaired) electrons. The Bertz CT molecular complexity index is 608. The number of benzene rings is 1. The lowest BCUT2D eigenvalue weighted by Crippen LogP contribution is -2.29. The van der Waals surface area contributed by atoms with Crippen LogP contribution in [0, 0.1) is 5.92 Å². The van der Waals surface area contributed by atoms with Gasteiger partial charge in [0.05, 0.1) is 11.2 Å². The van der Waals surface area contributed by atoms with Crippen LogP contribution in [0.5, 0.6) is 0 Å². The maximum Gasteiger partial charge on any atom is 0.0956 e. The largest absolute Gasteiger partial charge is 0.398 e. The number of nitrogen functional groups attached to an aromatic ring is 1. The monoisotopic (exact) mass is 349 g/mol. The number of nitrogens with two attached hydrogens (primary N) is 1. The van der Waals surface area contributed by atoms with Crippen molar-refractivity contribution in [2.45, 2.75) is 33.6 Å². The Morgan fingerprint density at radius 1 is 1.24 bits per heavy atom. The van der Waals surface area contributed by atoms with Crippen molar-refractivity contribution in [3.05, 3.63) is 28.9 Å². The van der Waals surface area contributed by atoms with Crippen molar-refractivity contribution in [3.63, 3.8) is 0 Å². The number of hydrogen-bond acceptors (Lipinski definition) is 3. The van der Waals surface area contributed by atoms with Crippen molar-refractivity contribution in [1.82, 2.24) is 4.98 Å². The molecule has 0 aliphatic rings. The zero-order valence-electron chi connectivity index (χ0n) is 13.1. The van der Waals surface area contributed by atoms with Gasteiger partial charge in [0.15, 0.2) is 0 Å². The minimum atomic E-state index is 0.716. The lowest BCUT2D eigenvalue weighted by molar-refractivity contribution is 0.486. The van der Waals surface area contributed by atoms with Gasteiger partial charge in [-0.05, 0) is 47.0 Å². The Morgan fingerprint density at radius 3 is 2.57 bits per heavy atom. The van der Waals surface area contributed by atoms with E-state index in [9.17, 15) is 0 Å². The lowest BCUT2D eigenvalue weighted by atomic mass is 10.0. The van der Waals surface area contributed by atoms with Crippen molar-refractivity contribution < 1.29 is 0 Å². The van der Waals surface area contributed by atoms with E-state index in [0.29, 0.717) is 5.92 Å². The van der Waals surface area contributed by atoms with Gasteiger partial charge in [-0.1, -0.05) is 26.7 Å². The van der Waals surface area contributed by atoms with E-state index >= 15 is 0 Å². The SMILES string of the molecule is CCC(CC)CN(CC)c1ccc(N)c2cc(Br)cnc12. The molecule has 0 aliphatic carbocycles. The highest BCUT2D eigenvalue weighted by atomic mass is 79.9. The molecule has 0 saturated heterocycles. The minimum absolute atomic E-state index is 0.716. The highest BCUT2D eigenvalue weighted by Crippen LogP contribution is 2.31. The fraction of sp³-hybridized carbons (Fsp3) is 0.471. The molecule has 0 saturated carbocycles. The van der Waals surface area contributed by atoms with Crippen molar-refractivity contribution in [2.24, 2.45) is 5.92 Å². The molecule has 0 bridgehead atoms. The summed E-state index contributed by atoms with van der Waals surface area (Å²) in [6, 6.07) is 6.14. The predicted molar refractivity (Wildman–Crippen MR) is 95.8 cm³/mol. The number of rotatable bonds is 6. The topological polar surface area (TPSA) is 42.1 Å². The Labute approximate surface area is 135 Å². The molecular weight excluding hydrogens is 326 g/mol. The Balaban J connectivity index is 2.46. The van der Waals surface area contributed by atoms with Crippen molar-refractivity contribution in [3.8, 4) is 0 Å². The van der Waals surface area contributed by atoms with Crippen LogP contribution in [0.1, 0.15) is 33.6 Å². The second-order valence-corrected chi connectivity index (χ2v) is 6.36. The number of aromatic nitrogens is 1. The molecule has 0 amide bonds. The molecule has 0 atom stereocenters. The van der Waals surface area contributed by atoms with Gasteiger partial charge in [0.25, 0.3) is 0 Å². The standard InChI is InChI=1S/C17H24BrN3/c1-4-12(5-2)11-21(6-3)16-8-7-15(19)14-9-13(18)10-20-17(14)16/h7-10,12H,4-6,11,19H2,1-3H3. The third-order valence-corrected chi connectivity index (χ3v) is 4.62. The van der Waals surface area contributed by atoms with Crippen LogP contribution in [-0.4, -0.2) is 18.1 Å². The van der Waals surface area contributed by atoms with Crippen LogP contribution in [0.3, 0.4) is 0 Å². The van der Waals surface area contributed by atoms with E-state index in [2.05, 4.69) is 52.7 Å². The summed E-state index contributed by atoms with van der Waals surface area (Å²) in [6.45, 7) is 8.77. The first-order valence-corrected chi connectivity index (χ1v) is 8.48. The molecule has 0 unspecified atom stereocenters. The Hall–Kier alpha value is -1.29. The van der Waals surface area contributed by atoms with Crippen LogP contribution in [0.4, 0.5) is 11.4 Å². The maximum atomic E-state index is 6.11. The van der Waals surface area contributed by atoms with Crippen LogP contribution in [0.25, 0.3) is 10.9 Å². The zero-order valence-corrected chi connectivity index (χ0v) is 14.7. The van der Waals surface area contributed by atoms with E-state index in [1.165, 1.54) is 18.5 Å². The normalized spacial score (nSPS) is 11.3. The van der Waals surface area contributed by atoms with E-state index in [-0.39, 0.29) is 0 Å². The number of fused-ring (bicyclic) bond motifs is 1. The molecular formula is C17H24BrN3. The molecule has 2 N–H and O–H groups in total. The molecule has 4 heteroatoms. The average Bonchev–Trinajstić information content (AvgIpc) is 2.50. The van der Waals surface area contributed by atoms with Crippen LogP contribution in [0.15, 0.2) is 28.9 Å². The van der Waals surface area contributed by atoms with Gasteiger partial charge in [0, 0.05) is 34.8 Å². The summed E-state index contributed by atoms with van der Waals surface area (Å²) in [7, 11) is 0. The summed E-state index contributed by atoms with van der Waals surface area (Å²) >= 11 is 3.48. The smallest absolute Gasteiger partial charge is 0.0956 e. The second kappa shape index (κ2) is 7.12. The molecule has 2 aromatic rings. The highest BCUT2D eigenvalue weighted by molar-refractivity contribution is 9.10. The maximum absolute atomic E-state index is 6.11. The molecule has 0 spiro atoms. The van der Waals surface area contributed by atoms with Gasteiger partial charge in [0.2, 0.25) is 0 Å². The summed E-state index contributed by atoms with van der Waals surface area (Å²) in [5.41, 5.74) is 9.06. The van der Waals surface area contributed by atoms with Gasteiger partial charge in [-0.15, -0.1) is 0 Å². The molecule has 1 aromatic heterocycles. The molecule has 114 valence electrons. The Kier molecular flexibility index (Phi) is 5.45. The third-order valence-electron chi connectivity index (χ3n) is 4.18. The van der Waals surface area contributed by atoms with E-state index in [0.717, 1.165) is 34.2 Å². The number of anilines is 2. The first kappa shape index (κ1) is 16.1. The number of halogens is 1. The first-order chi connectivity index (χ1) is 10.1. The Morgan fingerprint density at radius 2 is 1.95 bits per heavy atom. The second-order valence-electron chi connectivity index (χ2n) is 5.44. The van der Waals surface area contributed by atoms with Gasteiger partial charge >= 0.3 is 0 Å². The lowest BCUT2D eigenvalue weighted by Gasteiger charge is -2.28. The third kappa shape index (κ3) is 3.49. The summed E-state index contributed by atoms with van der Waals surface area (Å²) in [4.78, 5) is 7.02. The van der Waals surface area contributed by atoms with Crippen molar-refractivity contribution in [2.75, 3.05) is 23.7 Å². The fourth-order valence-corrected chi connectivity index (χ4v) is 3.04. The van der Waals surface area contributed by atoms with Crippen LogP contribution >= 0.6 is 15.9 Å². The van der Waals surface area contributed by atoms with Crippen LogP contribution < -0.4 is 10.6 Å². The van der Waals surface area contributed by atoms with Crippen LogP contribution in [0.2, 0.25) is 0 Å². The summed E-state index contributed by atoms with van der Waals surface area (Å²) in [6.07, 6.45) is 4.26. The summed E-state index contributed by atoms with van der Waals surface area (Å²) < 4.78 is 0.960. The highest BCUT2D eigenvalue weighted by Gasteiger charge is 2.15. The molecule has 2 rings (SSSR count). The van der Waals surface area contributed by atoms with E-state index < -0.39 is 0 Å². The summed E-state index contributed by atoms with van der Waals surface area (Å²) in [5, 5.41) is 1.02. The van der Waals surface area contributed by atoms with E-state index in [4.69, 9.17) is 5.73 Å². The van der Waals surface area contributed by atoms with Crippen LogP contribution in [-0.2, 0) is 0 Å². The zero-order chi connectivity index (χ0) is 15.4. The van der Waals surface area contributed by atoms with E-state index in [1.807, 2.05) is 18.3 Å².